The summed E-state index contributed by atoms with van der Waals surface area (Å²) in [6.45, 7) is 1.42. The summed E-state index contributed by atoms with van der Waals surface area (Å²) >= 11 is 0. The number of nitrogens with zero attached hydrogens (tertiary/aromatic N) is 1. The number of hydrogen-bond donors (Lipinski definition) is 2. The van der Waals surface area contributed by atoms with Crippen LogP contribution in [0.5, 0.6) is 5.75 Å². The van der Waals surface area contributed by atoms with E-state index in [1.165, 1.54) is 13.0 Å². The van der Waals surface area contributed by atoms with E-state index < -0.39 is 5.91 Å². The number of amides is 2. The van der Waals surface area contributed by atoms with Crippen molar-refractivity contribution in [2.24, 2.45) is 0 Å². The molecule has 2 amide bonds. The van der Waals surface area contributed by atoms with Gasteiger partial charge in [-0.2, -0.15) is 5.26 Å². The van der Waals surface area contributed by atoms with Crippen LogP contribution in [0.3, 0.4) is 0 Å². The Morgan fingerprint density at radius 2 is 1.56 bits per heavy atom. The van der Waals surface area contributed by atoms with Crippen molar-refractivity contribution in [3.05, 3.63) is 59.7 Å². The smallest absolute Gasteiger partial charge is 0.266 e. The quantitative estimate of drug-likeness (QED) is 0.648. The Morgan fingerprint density at radius 3 is 2.04 bits per heavy atom. The van der Waals surface area contributed by atoms with Crippen molar-refractivity contribution in [1.29, 1.82) is 5.26 Å². The van der Waals surface area contributed by atoms with Crippen LogP contribution in [0.25, 0.3) is 6.08 Å². The molecule has 0 heterocycles. The van der Waals surface area contributed by atoms with Gasteiger partial charge in [-0.3, -0.25) is 9.59 Å². The lowest BCUT2D eigenvalue weighted by Crippen LogP contribution is -2.13. The number of ether oxygens (including phenoxy) is 1. The monoisotopic (exact) mass is 335 g/mol. The number of rotatable bonds is 5. The van der Waals surface area contributed by atoms with Crippen LogP contribution in [0, 0.1) is 11.3 Å². The molecule has 0 radical (unpaired) electrons. The minimum absolute atomic E-state index is 0.0175. The lowest BCUT2D eigenvalue weighted by Gasteiger charge is -2.06. The largest absolute Gasteiger partial charge is 0.497 e. The Bertz CT molecular complexity index is 832. The zero-order chi connectivity index (χ0) is 18.2. The van der Waals surface area contributed by atoms with E-state index in [2.05, 4.69) is 10.6 Å². The molecule has 0 unspecified atom stereocenters. The number of nitriles is 1. The number of carbonyl (C=O) groups is 2. The van der Waals surface area contributed by atoms with Crippen LogP contribution < -0.4 is 15.4 Å². The van der Waals surface area contributed by atoms with Gasteiger partial charge in [0.05, 0.1) is 7.11 Å². The zero-order valence-corrected chi connectivity index (χ0v) is 13.9. The minimum Gasteiger partial charge on any atom is -0.497 e. The molecule has 0 saturated heterocycles. The molecular weight excluding hydrogens is 318 g/mol. The van der Waals surface area contributed by atoms with Crippen LogP contribution in [0.15, 0.2) is 54.1 Å². The van der Waals surface area contributed by atoms with E-state index in [4.69, 9.17) is 4.74 Å². The second-order valence-corrected chi connectivity index (χ2v) is 5.16. The molecule has 0 aliphatic heterocycles. The summed E-state index contributed by atoms with van der Waals surface area (Å²) in [5.41, 5.74) is 1.85. The van der Waals surface area contributed by atoms with Crippen LogP contribution in [-0.2, 0) is 9.59 Å². The second-order valence-electron chi connectivity index (χ2n) is 5.16. The maximum atomic E-state index is 12.2. The fourth-order valence-electron chi connectivity index (χ4n) is 2.05. The van der Waals surface area contributed by atoms with Gasteiger partial charge in [0.1, 0.15) is 17.4 Å². The number of methoxy groups -OCH3 is 1. The third kappa shape index (κ3) is 5.22. The summed E-state index contributed by atoms with van der Waals surface area (Å²) in [4.78, 5) is 23.2. The average molecular weight is 335 g/mol. The van der Waals surface area contributed by atoms with Gasteiger partial charge in [-0.1, -0.05) is 12.1 Å². The summed E-state index contributed by atoms with van der Waals surface area (Å²) in [6, 6.07) is 15.5. The first-order valence-corrected chi connectivity index (χ1v) is 7.46. The van der Waals surface area contributed by atoms with Gasteiger partial charge in [0.25, 0.3) is 5.91 Å². The predicted molar refractivity (Wildman–Crippen MR) is 96.0 cm³/mol. The minimum atomic E-state index is -0.509. The molecule has 2 N–H and O–H groups in total. The van der Waals surface area contributed by atoms with Crippen LogP contribution in [-0.4, -0.2) is 18.9 Å². The molecular formula is C19H17N3O3. The topological polar surface area (TPSA) is 91.2 Å². The van der Waals surface area contributed by atoms with Crippen molar-refractivity contribution >= 4 is 29.3 Å². The zero-order valence-electron chi connectivity index (χ0n) is 13.9. The highest BCUT2D eigenvalue weighted by atomic mass is 16.5. The Labute approximate surface area is 145 Å². The van der Waals surface area contributed by atoms with Gasteiger partial charge in [-0.25, -0.2) is 0 Å². The van der Waals surface area contributed by atoms with Crippen molar-refractivity contribution in [2.45, 2.75) is 6.92 Å². The van der Waals surface area contributed by atoms with Gasteiger partial charge in [0.15, 0.2) is 0 Å². The molecule has 25 heavy (non-hydrogen) atoms. The lowest BCUT2D eigenvalue weighted by atomic mass is 10.1. The van der Waals surface area contributed by atoms with E-state index in [1.54, 1.807) is 55.6 Å². The highest BCUT2D eigenvalue weighted by Gasteiger charge is 2.09. The van der Waals surface area contributed by atoms with Crippen LogP contribution in [0.2, 0.25) is 0 Å². The molecule has 0 aromatic heterocycles. The maximum absolute atomic E-state index is 12.2. The molecule has 6 nitrogen and oxygen atoms in total. The van der Waals surface area contributed by atoms with Gasteiger partial charge in [-0.05, 0) is 48.0 Å². The fourth-order valence-corrected chi connectivity index (χ4v) is 2.05. The van der Waals surface area contributed by atoms with Crippen LogP contribution >= 0.6 is 0 Å². The molecule has 0 aliphatic rings. The lowest BCUT2D eigenvalue weighted by molar-refractivity contribution is -0.114. The molecule has 2 rings (SSSR count). The van der Waals surface area contributed by atoms with Crippen molar-refractivity contribution in [1.82, 2.24) is 0 Å². The number of nitrogens with one attached hydrogen (secondary N) is 2. The third-order valence-corrected chi connectivity index (χ3v) is 3.26. The molecule has 0 aliphatic carbocycles. The van der Waals surface area contributed by atoms with E-state index in [0.717, 1.165) is 0 Å². The van der Waals surface area contributed by atoms with Gasteiger partial charge in [0, 0.05) is 18.3 Å². The van der Waals surface area contributed by atoms with Gasteiger partial charge in [-0.15, -0.1) is 0 Å². The van der Waals surface area contributed by atoms with Crippen molar-refractivity contribution in [3.8, 4) is 11.8 Å². The first kappa shape index (κ1) is 17.8. The van der Waals surface area contributed by atoms with E-state index in [-0.39, 0.29) is 11.5 Å². The van der Waals surface area contributed by atoms with Crippen LogP contribution in [0.1, 0.15) is 12.5 Å². The standard InChI is InChI=1S/C19H17N3O3/c1-13(23)21-16-5-7-17(8-6-16)22-19(24)15(12-20)11-14-3-9-18(25-2)10-4-14/h3-11H,1-2H3,(H,21,23)(H,22,24)/b15-11+. The van der Waals surface area contributed by atoms with E-state index in [0.29, 0.717) is 22.7 Å². The highest BCUT2D eigenvalue weighted by Crippen LogP contribution is 2.16. The van der Waals surface area contributed by atoms with Crippen molar-refractivity contribution in [3.63, 3.8) is 0 Å². The first-order chi connectivity index (χ1) is 12.0. The molecule has 2 aromatic rings. The third-order valence-electron chi connectivity index (χ3n) is 3.26. The fraction of sp³-hybridized carbons (Fsp3) is 0.105. The van der Waals surface area contributed by atoms with Gasteiger partial charge < -0.3 is 15.4 Å². The summed E-state index contributed by atoms with van der Waals surface area (Å²) in [6.07, 6.45) is 1.50. The van der Waals surface area contributed by atoms with Gasteiger partial charge >= 0.3 is 0 Å². The van der Waals surface area contributed by atoms with E-state index in [9.17, 15) is 14.9 Å². The normalized spacial score (nSPS) is 10.5. The molecule has 0 fully saturated rings. The maximum Gasteiger partial charge on any atom is 0.266 e. The number of benzene rings is 2. The molecule has 126 valence electrons. The van der Waals surface area contributed by atoms with Gasteiger partial charge in [0.2, 0.25) is 5.91 Å². The van der Waals surface area contributed by atoms with Crippen molar-refractivity contribution in [2.75, 3.05) is 17.7 Å². The Hall–Kier alpha value is -3.59. The highest BCUT2D eigenvalue weighted by molar-refractivity contribution is 6.09. The average Bonchev–Trinajstić information content (AvgIpc) is 2.61. The Morgan fingerprint density at radius 1 is 1.00 bits per heavy atom. The molecule has 0 bridgehead atoms. The molecule has 0 spiro atoms. The summed E-state index contributed by atoms with van der Waals surface area (Å²) < 4.78 is 5.07. The molecule has 0 saturated carbocycles. The Balaban J connectivity index is 2.10. The molecule has 2 aromatic carbocycles. The molecule has 6 heteroatoms. The second kappa shape index (κ2) is 8.31. The van der Waals surface area contributed by atoms with E-state index >= 15 is 0 Å². The van der Waals surface area contributed by atoms with Crippen molar-refractivity contribution < 1.29 is 14.3 Å². The predicted octanol–water partition coefficient (Wildman–Crippen LogP) is 3.20. The number of anilines is 2. The number of carbonyl (C=O) groups excluding carboxylic acids is 2. The SMILES string of the molecule is COc1ccc(/C=C(\C#N)C(=O)Nc2ccc(NC(C)=O)cc2)cc1. The number of hydrogen-bond acceptors (Lipinski definition) is 4. The van der Waals surface area contributed by atoms with E-state index in [1.807, 2.05) is 6.07 Å². The summed E-state index contributed by atoms with van der Waals surface area (Å²) in [5.74, 6) is 0.0101. The summed E-state index contributed by atoms with van der Waals surface area (Å²) in [7, 11) is 1.57. The summed E-state index contributed by atoms with van der Waals surface area (Å²) in [5, 5.41) is 14.5. The first-order valence-electron chi connectivity index (χ1n) is 7.46. The van der Waals surface area contributed by atoms with Crippen LogP contribution in [0.4, 0.5) is 11.4 Å². The Kier molecular flexibility index (Phi) is 5.91. The molecule has 0 atom stereocenters.